The summed E-state index contributed by atoms with van der Waals surface area (Å²) in [6.45, 7) is 2.32. The van der Waals surface area contributed by atoms with Gasteiger partial charge in [0.25, 0.3) is 5.69 Å². The number of anilines is 2. The van der Waals surface area contributed by atoms with E-state index in [2.05, 4.69) is 12.2 Å². The van der Waals surface area contributed by atoms with Crippen molar-refractivity contribution in [1.82, 2.24) is 0 Å². The Balaban J connectivity index is 1.70. The van der Waals surface area contributed by atoms with Crippen LogP contribution in [0.25, 0.3) is 0 Å². The predicted octanol–water partition coefficient (Wildman–Crippen LogP) is 3.80. The highest BCUT2D eigenvalue weighted by Gasteiger charge is 2.35. The third-order valence-corrected chi connectivity index (χ3v) is 4.88. The van der Waals surface area contributed by atoms with Crippen LogP contribution in [0.4, 0.5) is 17.1 Å². The number of nitro groups is 1. The fraction of sp³-hybridized carbons (Fsp3) is 0.263. The Labute approximate surface area is 161 Å². The van der Waals surface area contributed by atoms with Crippen molar-refractivity contribution in [2.75, 3.05) is 16.8 Å². The second kappa shape index (κ2) is 7.75. The quantitative estimate of drug-likeness (QED) is 0.623. The summed E-state index contributed by atoms with van der Waals surface area (Å²) in [6, 6.07) is 11.7. The van der Waals surface area contributed by atoms with Gasteiger partial charge in [-0.2, -0.15) is 0 Å². The highest BCUT2D eigenvalue weighted by atomic mass is 35.5. The van der Waals surface area contributed by atoms with E-state index in [1.54, 1.807) is 4.90 Å². The number of benzene rings is 2. The van der Waals surface area contributed by atoms with Gasteiger partial charge in [-0.05, 0) is 36.2 Å². The first kappa shape index (κ1) is 18.8. The molecule has 0 spiro atoms. The second-order valence-corrected chi connectivity index (χ2v) is 6.75. The smallest absolute Gasteiger partial charge is 0.289 e. The lowest BCUT2D eigenvalue weighted by Crippen LogP contribution is -2.28. The van der Waals surface area contributed by atoms with Gasteiger partial charge in [0.1, 0.15) is 5.02 Å². The minimum absolute atomic E-state index is 0.00394. The van der Waals surface area contributed by atoms with E-state index < -0.39 is 10.8 Å². The minimum Gasteiger partial charge on any atom is -0.326 e. The van der Waals surface area contributed by atoms with E-state index in [1.165, 1.54) is 23.8 Å². The molecule has 140 valence electrons. The topological polar surface area (TPSA) is 92.6 Å². The largest absolute Gasteiger partial charge is 0.326 e. The van der Waals surface area contributed by atoms with Gasteiger partial charge in [-0.25, -0.2) is 0 Å². The SMILES string of the molecule is CCc1ccc(N2CC(C(=O)Nc3ccc(Cl)c([N+](=O)[O-])c3)CC2=O)cc1. The molecule has 1 fully saturated rings. The molecule has 0 saturated carbocycles. The lowest BCUT2D eigenvalue weighted by molar-refractivity contribution is -0.384. The van der Waals surface area contributed by atoms with Gasteiger partial charge < -0.3 is 10.2 Å². The standard InChI is InChI=1S/C19H18ClN3O4/c1-2-12-3-6-15(7-4-12)22-11-13(9-18(22)24)19(25)21-14-5-8-16(20)17(10-14)23(26)27/h3-8,10,13H,2,9,11H2,1H3,(H,21,25). The molecule has 27 heavy (non-hydrogen) atoms. The zero-order chi connectivity index (χ0) is 19.6. The lowest BCUT2D eigenvalue weighted by Gasteiger charge is -2.17. The van der Waals surface area contributed by atoms with Crippen molar-refractivity contribution in [3.05, 3.63) is 63.2 Å². The molecule has 1 aliphatic rings. The van der Waals surface area contributed by atoms with Gasteiger partial charge in [-0.1, -0.05) is 30.7 Å². The van der Waals surface area contributed by atoms with E-state index >= 15 is 0 Å². The summed E-state index contributed by atoms with van der Waals surface area (Å²) in [5, 5.41) is 13.6. The number of amides is 2. The summed E-state index contributed by atoms with van der Waals surface area (Å²) in [7, 11) is 0. The summed E-state index contributed by atoms with van der Waals surface area (Å²) >= 11 is 5.78. The molecule has 2 amide bonds. The van der Waals surface area contributed by atoms with Crippen LogP contribution in [-0.2, 0) is 16.0 Å². The Morgan fingerprint density at radius 2 is 2.00 bits per heavy atom. The summed E-state index contributed by atoms with van der Waals surface area (Å²) in [4.78, 5) is 36.8. The van der Waals surface area contributed by atoms with Crippen LogP contribution in [0.15, 0.2) is 42.5 Å². The summed E-state index contributed by atoms with van der Waals surface area (Å²) in [6.07, 6.45) is 1.00. The number of nitrogens with one attached hydrogen (secondary N) is 1. The number of hydrogen-bond acceptors (Lipinski definition) is 4. The van der Waals surface area contributed by atoms with Crippen molar-refractivity contribution < 1.29 is 14.5 Å². The molecule has 0 aromatic heterocycles. The molecule has 1 aliphatic heterocycles. The van der Waals surface area contributed by atoms with E-state index in [-0.39, 0.29) is 41.2 Å². The molecular weight excluding hydrogens is 370 g/mol. The number of rotatable bonds is 5. The Morgan fingerprint density at radius 1 is 1.30 bits per heavy atom. The maximum absolute atomic E-state index is 12.5. The van der Waals surface area contributed by atoms with Gasteiger partial charge in [0, 0.05) is 30.4 Å². The molecule has 7 nitrogen and oxygen atoms in total. The van der Waals surface area contributed by atoms with Crippen LogP contribution in [0.1, 0.15) is 18.9 Å². The maximum atomic E-state index is 12.5. The summed E-state index contributed by atoms with van der Waals surface area (Å²) < 4.78 is 0. The monoisotopic (exact) mass is 387 g/mol. The average Bonchev–Trinajstić information content (AvgIpc) is 3.05. The molecule has 2 aromatic carbocycles. The fourth-order valence-corrected chi connectivity index (χ4v) is 3.21. The number of halogens is 1. The van der Waals surface area contributed by atoms with E-state index in [0.29, 0.717) is 0 Å². The Morgan fingerprint density at radius 3 is 2.63 bits per heavy atom. The van der Waals surface area contributed by atoms with Gasteiger partial charge in [0.15, 0.2) is 0 Å². The van der Waals surface area contributed by atoms with Crippen LogP contribution in [0.3, 0.4) is 0 Å². The Kier molecular flexibility index (Phi) is 5.41. The third kappa shape index (κ3) is 4.09. The van der Waals surface area contributed by atoms with Crippen molar-refractivity contribution in [3.63, 3.8) is 0 Å². The average molecular weight is 388 g/mol. The molecular formula is C19H18ClN3O4. The third-order valence-electron chi connectivity index (χ3n) is 4.56. The molecule has 0 aliphatic carbocycles. The number of nitro benzene ring substituents is 1. The maximum Gasteiger partial charge on any atom is 0.289 e. The van der Waals surface area contributed by atoms with Crippen LogP contribution in [0, 0.1) is 16.0 Å². The number of carbonyl (C=O) groups excluding carboxylic acids is 2. The van der Waals surface area contributed by atoms with E-state index in [0.717, 1.165) is 12.1 Å². The van der Waals surface area contributed by atoms with Crippen molar-refractivity contribution in [2.24, 2.45) is 5.92 Å². The summed E-state index contributed by atoms with van der Waals surface area (Å²) in [5.41, 5.74) is 1.92. The Bertz CT molecular complexity index is 898. The van der Waals surface area contributed by atoms with Crippen molar-refractivity contribution in [3.8, 4) is 0 Å². The second-order valence-electron chi connectivity index (χ2n) is 6.34. The number of hydrogen-bond donors (Lipinski definition) is 1. The molecule has 2 aromatic rings. The molecule has 0 radical (unpaired) electrons. The minimum atomic E-state index is -0.612. The molecule has 1 unspecified atom stereocenters. The van der Waals surface area contributed by atoms with Crippen LogP contribution in [0.2, 0.25) is 5.02 Å². The van der Waals surface area contributed by atoms with Crippen LogP contribution >= 0.6 is 11.6 Å². The van der Waals surface area contributed by atoms with Crippen LogP contribution in [-0.4, -0.2) is 23.3 Å². The summed E-state index contributed by atoms with van der Waals surface area (Å²) in [5.74, 6) is -1.01. The first-order valence-corrected chi connectivity index (χ1v) is 8.91. The van der Waals surface area contributed by atoms with Crippen molar-refractivity contribution in [2.45, 2.75) is 19.8 Å². The van der Waals surface area contributed by atoms with Gasteiger partial charge in [-0.3, -0.25) is 19.7 Å². The van der Waals surface area contributed by atoms with E-state index in [1.807, 2.05) is 24.3 Å². The number of carbonyl (C=O) groups is 2. The van der Waals surface area contributed by atoms with Crippen LogP contribution < -0.4 is 10.2 Å². The number of aryl methyl sites for hydroxylation is 1. The molecule has 1 heterocycles. The van der Waals surface area contributed by atoms with Crippen molar-refractivity contribution in [1.29, 1.82) is 0 Å². The normalized spacial score (nSPS) is 16.4. The fourth-order valence-electron chi connectivity index (χ4n) is 3.02. The lowest BCUT2D eigenvalue weighted by atomic mass is 10.1. The van der Waals surface area contributed by atoms with Gasteiger partial charge in [0.05, 0.1) is 10.8 Å². The van der Waals surface area contributed by atoms with E-state index in [4.69, 9.17) is 11.6 Å². The molecule has 3 rings (SSSR count). The highest BCUT2D eigenvalue weighted by Crippen LogP contribution is 2.29. The molecule has 0 bridgehead atoms. The Hall–Kier alpha value is -2.93. The highest BCUT2D eigenvalue weighted by molar-refractivity contribution is 6.32. The first-order chi connectivity index (χ1) is 12.9. The molecule has 1 saturated heterocycles. The van der Waals surface area contributed by atoms with Crippen LogP contribution in [0.5, 0.6) is 0 Å². The van der Waals surface area contributed by atoms with Gasteiger partial charge in [-0.15, -0.1) is 0 Å². The van der Waals surface area contributed by atoms with Gasteiger partial charge >= 0.3 is 0 Å². The predicted molar refractivity (Wildman–Crippen MR) is 103 cm³/mol. The molecule has 8 heteroatoms. The zero-order valence-electron chi connectivity index (χ0n) is 14.6. The first-order valence-electron chi connectivity index (χ1n) is 8.53. The van der Waals surface area contributed by atoms with E-state index in [9.17, 15) is 19.7 Å². The zero-order valence-corrected chi connectivity index (χ0v) is 15.4. The molecule has 1 atom stereocenters. The van der Waals surface area contributed by atoms with Crippen molar-refractivity contribution >= 4 is 40.5 Å². The number of nitrogens with zero attached hydrogens (tertiary/aromatic N) is 2. The molecule has 1 N–H and O–H groups in total. The van der Waals surface area contributed by atoms with Gasteiger partial charge in [0.2, 0.25) is 11.8 Å².